The molecule has 162 valence electrons. The van der Waals surface area contributed by atoms with Crippen molar-refractivity contribution in [3.05, 3.63) is 59.5 Å². The zero-order valence-electron chi connectivity index (χ0n) is 17.5. The van der Waals surface area contributed by atoms with Gasteiger partial charge in [0.25, 0.3) is 0 Å². The Bertz CT molecular complexity index is 1100. The molecule has 6 nitrogen and oxygen atoms in total. The van der Waals surface area contributed by atoms with Gasteiger partial charge in [0.05, 0.1) is 11.0 Å². The van der Waals surface area contributed by atoms with Crippen LogP contribution in [-0.4, -0.2) is 33.0 Å². The van der Waals surface area contributed by atoms with E-state index in [0.29, 0.717) is 40.8 Å². The summed E-state index contributed by atoms with van der Waals surface area (Å²) < 4.78 is 21.8. The average molecular weight is 448 g/mol. The van der Waals surface area contributed by atoms with E-state index >= 15 is 0 Å². The molecule has 0 saturated carbocycles. The van der Waals surface area contributed by atoms with Gasteiger partial charge >= 0.3 is 0 Å². The number of rotatable bonds is 9. The largest absolute Gasteiger partial charge is 0.441 e. The van der Waals surface area contributed by atoms with Crippen LogP contribution < -0.4 is 10.5 Å². The van der Waals surface area contributed by atoms with E-state index in [-0.39, 0.29) is 6.42 Å². The molecular weight excluding hydrogens is 418 g/mol. The summed E-state index contributed by atoms with van der Waals surface area (Å²) in [6.45, 7) is 6.34. The highest BCUT2D eigenvalue weighted by atomic mass is 32.8. The lowest BCUT2D eigenvalue weighted by molar-refractivity contribution is 0.144. The number of hydrogen-bond donors (Lipinski definition) is 3. The van der Waals surface area contributed by atoms with Gasteiger partial charge in [-0.15, -0.1) is 0 Å². The molecule has 0 aliphatic heterocycles. The molecule has 30 heavy (non-hydrogen) atoms. The predicted molar refractivity (Wildman–Crippen MR) is 123 cm³/mol. The Morgan fingerprint density at radius 1 is 1.23 bits per heavy atom. The van der Waals surface area contributed by atoms with E-state index in [0.717, 1.165) is 11.1 Å². The Kier molecular flexibility index (Phi) is 7.26. The first-order chi connectivity index (χ1) is 14.2. The predicted octanol–water partition coefficient (Wildman–Crippen LogP) is 2.88. The van der Waals surface area contributed by atoms with E-state index in [1.165, 1.54) is 0 Å². The second kappa shape index (κ2) is 9.53. The van der Waals surface area contributed by atoms with Crippen LogP contribution in [0.3, 0.4) is 0 Å². The quantitative estimate of drug-likeness (QED) is 0.466. The molecule has 2 aromatic carbocycles. The first-order valence-electron chi connectivity index (χ1n) is 10.0. The Morgan fingerprint density at radius 3 is 2.60 bits per heavy atom. The maximum absolute atomic E-state index is 13.1. The van der Waals surface area contributed by atoms with Crippen molar-refractivity contribution in [3.8, 4) is 0 Å². The molecule has 0 saturated heterocycles. The molecule has 1 aromatic heterocycles. The van der Waals surface area contributed by atoms with Gasteiger partial charge in [0.15, 0.2) is 11.5 Å². The van der Waals surface area contributed by atoms with Gasteiger partial charge in [-0.05, 0) is 29.5 Å². The Morgan fingerprint density at radius 2 is 1.93 bits per heavy atom. The number of aliphatic hydroxyl groups is 1. The molecule has 0 aliphatic carbocycles. The molecular formula is C22H29N3O3S2. The molecule has 0 aliphatic rings. The summed E-state index contributed by atoms with van der Waals surface area (Å²) in [6.07, 6.45) is 0.0147. The number of aliphatic hydroxyl groups excluding tert-OH is 1. The molecule has 4 N–H and O–H groups in total. The van der Waals surface area contributed by atoms with Crippen molar-refractivity contribution < 1.29 is 13.7 Å². The van der Waals surface area contributed by atoms with E-state index in [4.69, 9.17) is 21.3 Å². The zero-order chi connectivity index (χ0) is 21.9. The zero-order valence-corrected chi connectivity index (χ0v) is 19.1. The Hall–Kier alpha value is -1.84. The fraction of sp³-hybridized carbons (Fsp3) is 0.409. The summed E-state index contributed by atoms with van der Waals surface area (Å²) in [5.41, 5.74) is 9.19. The third-order valence-corrected chi connectivity index (χ3v) is 7.22. The number of aryl methyl sites for hydroxylation is 1. The minimum atomic E-state index is -2.88. The van der Waals surface area contributed by atoms with Crippen molar-refractivity contribution in [1.82, 2.24) is 9.71 Å². The van der Waals surface area contributed by atoms with Crippen molar-refractivity contribution in [1.29, 1.82) is 0 Å². The summed E-state index contributed by atoms with van der Waals surface area (Å²) in [5, 5.41) is 10.8. The summed E-state index contributed by atoms with van der Waals surface area (Å²) in [5.74, 6) is 0.805. The van der Waals surface area contributed by atoms with Gasteiger partial charge in [-0.2, -0.15) is 0 Å². The van der Waals surface area contributed by atoms with Crippen LogP contribution in [0.1, 0.15) is 30.9 Å². The summed E-state index contributed by atoms with van der Waals surface area (Å²) in [4.78, 5) is 4.90. The summed E-state index contributed by atoms with van der Waals surface area (Å²) in [6, 6.07) is 12.8. The number of fused-ring (bicyclic) bond motifs is 1. The fourth-order valence-corrected chi connectivity index (χ4v) is 5.02. The van der Waals surface area contributed by atoms with Gasteiger partial charge < -0.3 is 15.3 Å². The summed E-state index contributed by atoms with van der Waals surface area (Å²) in [7, 11) is -2.88. The fourth-order valence-electron chi connectivity index (χ4n) is 3.25. The lowest BCUT2D eigenvalue weighted by atomic mass is 9.96. The molecule has 3 atom stereocenters. The Labute approximate surface area is 182 Å². The van der Waals surface area contributed by atoms with E-state index in [1.807, 2.05) is 44.2 Å². The van der Waals surface area contributed by atoms with Crippen molar-refractivity contribution in [2.45, 2.75) is 50.7 Å². The third kappa shape index (κ3) is 5.65. The molecule has 3 aromatic rings. The van der Waals surface area contributed by atoms with Crippen molar-refractivity contribution in [3.63, 3.8) is 0 Å². The first-order valence-corrected chi connectivity index (χ1v) is 12.5. The molecule has 1 unspecified atom stereocenters. The molecule has 0 radical (unpaired) electrons. The Balaban J connectivity index is 1.88. The molecule has 1 heterocycles. The van der Waals surface area contributed by atoms with Crippen molar-refractivity contribution >= 4 is 31.0 Å². The van der Waals surface area contributed by atoms with Crippen molar-refractivity contribution in [2.75, 3.05) is 6.54 Å². The maximum atomic E-state index is 13.1. The second-order valence-electron chi connectivity index (χ2n) is 8.03. The highest BCUT2D eigenvalue weighted by Gasteiger charge is 2.21. The minimum Gasteiger partial charge on any atom is -0.441 e. The number of oxazole rings is 1. The van der Waals surface area contributed by atoms with Crippen LogP contribution in [0.15, 0.2) is 51.8 Å². The maximum Gasteiger partial charge on any atom is 0.192 e. The SMILES string of the molecule is Cc1nc2c(C[C@@H](O)[C@@H](N)Cc3ccccc3)cc(S(=O)(=S)NCC(C)C)cc2o1. The topological polar surface area (TPSA) is 101 Å². The number of hydrogen-bond acceptors (Lipinski definition) is 6. The van der Waals surface area contributed by atoms with Crippen LogP contribution in [0, 0.1) is 12.8 Å². The summed E-state index contributed by atoms with van der Waals surface area (Å²) >= 11 is 5.38. The lowest BCUT2D eigenvalue weighted by Gasteiger charge is -2.20. The number of nitrogens with one attached hydrogen (secondary N) is 1. The number of benzene rings is 2. The first kappa shape index (κ1) is 22.8. The monoisotopic (exact) mass is 447 g/mol. The van der Waals surface area contributed by atoms with Crippen LogP contribution in [0.4, 0.5) is 0 Å². The van der Waals surface area contributed by atoms with Gasteiger partial charge in [-0.25, -0.2) is 13.9 Å². The van der Waals surface area contributed by atoms with Crippen LogP contribution in [0.25, 0.3) is 11.1 Å². The van der Waals surface area contributed by atoms with Gasteiger partial charge in [0.2, 0.25) is 0 Å². The van der Waals surface area contributed by atoms with Gasteiger partial charge in [-0.1, -0.05) is 44.2 Å². The van der Waals surface area contributed by atoms with Crippen LogP contribution in [0.2, 0.25) is 0 Å². The van der Waals surface area contributed by atoms with E-state index in [9.17, 15) is 9.32 Å². The molecule has 8 heteroatoms. The smallest absolute Gasteiger partial charge is 0.192 e. The van der Waals surface area contributed by atoms with Gasteiger partial charge in [0, 0.05) is 43.2 Å². The molecule has 0 bridgehead atoms. The van der Waals surface area contributed by atoms with Gasteiger partial charge in [0.1, 0.15) is 14.2 Å². The van der Waals surface area contributed by atoms with Crippen LogP contribution >= 0.6 is 0 Å². The highest BCUT2D eigenvalue weighted by Crippen LogP contribution is 2.26. The number of aromatic nitrogens is 1. The molecule has 0 spiro atoms. The van der Waals surface area contributed by atoms with Crippen LogP contribution in [0.5, 0.6) is 0 Å². The molecule has 3 rings (SSSR count). The normalized spacial score (nSPS) is 15.9. The van der Waals surface area contributed by atoms with Crippen molar-refractivity contribution in [2.24, 2.45) is 11.7 Å². The minimum absolute atomic E-state index is 0.263. The van der Waals surface area contributed by atoms with Gasteiger partial charge in [-0.3, -0.25) is 0 Å². The number of nitrogens with two attached hydrogens (primary N) is 1. The third-order valence-electron chi connectivity index (χ3n) is 4.88. The van der Waals surface area contributed by atoms with Crippen LogP contribution in [-0.2, 0) is 32.7 Å². The standard InChI is InChI=1S/C22H29N3O3S2/c1-14(2)13-24-30(27,29)18-10-17(22-21(12-18)28-15(3)25-22)11-20(26)19(23)9-16-7-5-4-6-8-16/h4-8,10,12,14,19-20,24,26H,9,11,13,23H2,1-3H3/t19-,20+,30?/m0/s1. The van der Waals surface area contributed by atoms with E-state index in [2.05, 4.69) is 9.71 Å². The highest BCUT2D eigenvalue weighted by molar-refractivity contribution is 8.31. The second-order valence-corrected chi connectivity index (χ2v) is 11.2. The lowest BCUT2D eigenvalue weighted by Crippen LogP contribution is -2.38. The average Bonchev–Trinajstić information content (AvgIpc) is 3.07. The molecule has 0 amide bonds. The van der Waals surface area contributed by atoms with E-state index in [1.54, 1.807) is 19.1 Å². The number of nitrogens with zero attached hydrogens (tertiary/aromatic N) is 1. The molecule has 0 fully saturated rings. The van der Waals surface area contributed by atoms with E-state index < -0.39 is 20.8 Å².